The fraction of sp³-hybridized carbons (Fsp3) is 0.471. The van der Waals surface area contributed by atoms with Crippen LogP contribution in [0.15, 0.2) is 24.7 Å². The van der Waals surface area contributed by atoms with Crippen LogP contribution in [-0.4, -0.2) is 60.2 Å². The zero-order chi connectivity index (χ0) is 17.9. The molecule has 2 bridgehead atoms. The summed E-state index contributed by atoms with van der Waals surface area (Å²) in [7, 11) is 0. The van der Waals surface area contributed by atoms with Crippen molar-refractivity contribution >= 4 is 11.8 Å². The molecule has 3 aliphatic carbocycles. The first kappa shape index (κ1) is 15.4. The molecule has 0 N–H and O–H groups in total. The van der Waals surface area contributed by atoms with Gasteiger partial charge in [0.05, 0.1) is 30.8 Å². The van der Waals surface area contributed by atoms with Crippen LogP contribution in [0.25, 0.3) is 5.69 Å². The minimum Gasteiger partial charge on any atom is -0.327 e. The highest BCUT2D eigenvalue weighted by Crippen LogP contribution is 2.60. The van der Waals surface area contributed by atoms with E-state index in [0.29, 0.717) is 18.8 Å². The van der Waals surface area contributed by atoms with Gasteiger partial charge in [-0.2, -0.15) is 10.2 Å². The van der Waals surface area contributed by atoms with E-state index in [-0.39, 0.29) is 17.8 Å². The van der Waals surface area contributed by atoms with Crippen molar-refractivity contribution in [1.29, 1.82) is 0 Å². The van der Waals surface area contributed by atoms with Crippen LogP contribution in [0.5, 0.6) is 0 Å². The minimum atomic E-state index is -0.569. The number of piperazine rings is 1. The maximum atomic E-state index is 14.4. The first-order chi connectivity index (χ1) is 12.6. The van der Waals surface area contributed by atoms with E-state index in [1.54, 1.807) is 4.90 Å². The molecule has 3 saturated carbocycles. The Hall–Kier alpha value is -2.84. The SMILES string of the molecule is O=C1C(=O)N(C23CC(C2)C3)CCN1Cc1ncc(-n2nccn2)cc1F. The van der Waals surface area contributed by atoms with Gasteiger partial charge in [0.15, 0.2) is 0 Å². The monoisotopic (exact) mass is 356 g/mol. The van der Waals surface area contributed by atoms with E-state index < -0.39 is 17.6 Å². The van der Waals surface area contributed by atoms with Crippen molar-refractivity contribution in [2.24, 2.45) is 5.92 Å². The summed E-state index contributed by atoms with van der Waals surface area (Å²) < 4.78 is 14.4. The number of halogens is 1. The van der Waals surface area contributed by atoms with Gasteiger partial charge in [0, 0.05) is 24.7 Å². The maximum absolute atomic E-state index is 14.4. The fourth-order valence-electron chi connectivity index (χ4n) is 4.25. The van der Waals surface area contributed by atoms with Crippen LogP contribution in [0.2, 0.25) is 0 Å². The van der Waals surface area contributed by atoms with Crippen molar-refractivity contribution in [3.8, 4) is 5.69 Å². The van der Waals surface area contributed by atoms with Gasteiger partial charge in [-0.3, -0.25) is 14.6 Å². The number of pyridine rings is 1. The van der Waals surface area contributed by atoms with Crippen LogP contribution in [0.3, 0.4) is 0 Å². The number of rotatable bonds is 4. The summed E-state index contributed by atoms with van der Waals surface area (Å²) in [6, 6.07) is 1.27. The molecular formula is C17H17FN6O2. The smallest absolute Gasteiger partial charge is 0.312 e. The first-order valence-corrected chi connectivity index (χ1v) is 8.68. The van der Waals surface area contributed by atoms with Gasteiger partial charge in [-0.05, 0) is 25.2 Å². The van der Waals surface area contributed by atoms with E-state index in [1.165, 1.54) is 34.4 Å². The summed E-state index contributed by atoms with van der Waals surface area (Å²) in [5.41, 5.74) is 0.457. The molecule has 4 aliphatic rings. The molecule has 3 heterocycles. The van der Waals surface area contributed by atoms with Gasteiger partial charge in [-0.25, -0.2) is 4.39 Å². The Kier molecular flexibility index (Phi) is 3.16. The van der Waals surface area contributed by atoms with Gasteiger partial charge in [-0.1, -0.05) is 0 Å². The Morgan fingerprint density at radius 1 is 1.12 bits per heavy atom. The van der Waals surface area contributed by atoms with Crippen LogP contribution in [0.4, 0.5) is 4.39 Å². The topological polar surface area (TPSA) is 84.2 Å². The van der Waals surface area contributed by atoms with Gasteiger partial charge in [0.25, 0.3) is 0 Å². The molecule has 1 saturated heterocycles. The van der Waals surface area contributed by atoms with E-state index >= 15 is 0 Å². The average Bonchev–Trinajstić information content (AvgIpc) is 3.07. The van der Waals surface area contributed by atoms with E-state index in [0.717, 1.165) is 25.2 Å². The summed E-state index contributed by atoms with van der Waals surface area (Å²) in [6.45, 7) is 0.890. The molecule has 0 spiro atoms. The average molecular weight is 356 g/mol. The molecule has 8 nitrogen and oxygen atoms in total. The molecular weight excluding hydrogens is 339 g/mol. The highest BCUT2D eigenvalue weighted by Gasteiger charge is 2.62. The van der Waals surface area contributed by atoms with E-state index in [9.17, 15) is 14.0 Å². The fourth-order valence-corrected chi connectivity index (χ4v) is 4.25. The second-order valence-electron chi connectivity index (χ2n) is 7.33. The summed E-state index contributed by atoms with van der Waals surface area (Å²) in [4.78, 5) is 33.4. The quantitative estimate of drug-likeness (QED) is 0.746. The number of hydrogen-bond acceptors (Lipinski definition) is 5. The molecule has 0 atom stereocenters. The highest BCUT2D eigenvalue weighted by molar-refractivity contribution is 6.35. The van der Waals surface area contributed by atoms with Crippen molar-refractivity contribution in [3.05, 3.63) is 36.2 Å². The van der Waals surface area contributed by atoms with Crippen molar-refractivity contribution in [1.82, 2.24) is 29.8 Å². The molecule has 2 aromatic rings. The summed E-state index contributed by atoms with van der Waals surface area (Å²) in [6.07, 6.45) is 7.48. The summed E-state index contributed by atoms with van der Waals surface area (Å²) in [5, 5.41) is 7.86. The van der Waals surface area contributed by atoms with Crippen LogP contribution in [0.1, 0.15) is 25.0 Å². The summed E-state index contributed by atoms with van der Waals surface area (Å²) in [5.74, 6) is -0.855. The van der Waals surface area contributed by atoms with Gasteiger partial charge >= 0.3 is 11.8 Å². The molecule has 6 rings (SSSR count). The van der Waals surface area contributed by atoms with Gasteiger partial charge < -0.3 is 9.80 Å². The molecule has 4 fully saturated rings. The third-order valence-corrected chi connectivity index (χ3v) is 5.78. The van der Waals surface area contributed by atoms with Gasteiger partial charge in [0.1, 0.15) is 11.5 Å². The zero-order valence-electron chi connectivity index (χ0n) is 14.0. The lowest BCUT2D eigenvalue weighted by atomic mass is 9.49. The molecule has 0 radical (unpaired) electrons. The Labute approximate surface area is 148 Å². The zero-order valence-corrected chi connectivity index (χ0v) is 14.0. The lowest BCUT2D eigenvalue weighted by molar-refractivity contribution is -0.186. The number of carbonyl (C=O) groups is 2. The summed E-state index contributed by atoms with van der Waals surface area (Å²) >= 11 is 0. The third-order valence-electron chi connectivity index (χ3n) is 5.78. The number of nitrogens with zero attached hydrogens (tertiary/aromatic N) is 6. The lowest BCUT2D eigenvalue weighted by Crippen LogP contribution is -2.73. The molecule has 9 heteroatoms. The molecule has 0 unspecified atom stereocenters. The molecule has 26 heavy (non-hydrogen) atoms. The van der Waals surface area contributed by atoms with Crippen molar-refractivity contribution in [2.45, 2.75) is 31.3 Å². The highest BCUT2D eigenvalue weighted by atomic mass is 19.1. The Balaban J connectivity index is 1.31. The van der Waals surface area contributed by atoms with Crippen LogP contribution in [-0.2, 0) is 16.1 Å². The van der Waals surface area contributed by atoms with Crippen LogP contribution >= 0.6 is 0 Å². The Morgan fingerprint density at radius 3 is 2.46 bits per heavy atom. The molecule has 2 aromatic heterocycles. The van der Waals surface area contributed by atoms with Crippen molar-refractivity contribution < 1.29 is 14.0 Å². The van der Waals surface area contributed by atoms with Gasteiger partial charge in [0.2, 0.25) is 0 Å². The Bertz CT molecular complexity index is 882. The Morgan fingerprint density at radius 2 is 1.85 bits per heavy atom. The van der Waals surface area contributed by atoms with E-state index in [1.807, 2.05) is 0 Å². The van der Waals surface area contributed by atoms with Gasteiger partial charge in [-0.15, -0.1) is 4.80 Å². The van der Waals surface area contributed by atoms with E-state index in [4.69, 9.17) is 0 Å². The molecule has 0 aromatic carbocycles. The van der Waals surface area contributed by atoms with Crippen molar-refractivity contribution in [3.63, 3.8) is 0 Å². The number of carbonyl (C=O) groups excluding carboxylic acids is 2. The molecule has 1 aliphatic heterocycles. The minimum absolute atomic E-state index is 0.0211. The van der Waals surface area contributed by atoms with Crippen LogP contribution in [0, 0.1) is 11.7 Å². The number of hydrogen-bond donors (Lipinski definition) is 0. The second kappa shape index (κ2) is 5.33. The second-order valence-corrected chi connectivity index (χ2v) is 7.33. The maximum Gasteiger partial charge on any atom is 0.312 e. The molecule has 2 amide bonds. The number of aromatic nitrogens is 4. The van der Waals surface area contributed by atoms with E-state index in [2.05, 4.69) is 15.2 Å². The van der Waals surface area contributed by atoms with Crippen LogP contribution < -0.4 is 0 Å². The molecule has 134 valence electrons. The number of amides is 2. The predicted octanol–water partition coefficient (Wildman–Crippen LogP) is 0.525. The van der Waals surface area contributed by atoms with Crippen molar-refractivity contribution in [2.75, 3.05) is 13.1 Å². The standard InChI is InChI=1S/C17H17FN6O2/c18-13-5-12(24-20-1-2-21-24)9-19-14(13)10-22-3-4-23(16(26)15(22)25)17-6-11(7-17)8-17/h1-2,5,9,11H,3-4,6-8,10H2. The normalized spacial score (nSPS) is 27.3. The predicted molar refractivity (Wildman–Crippen MR) is 86.3 cm³/mol. The lowest BCUT2D eigenvalue weighted by Gasteiger charge is -2.66. The first-order valence-electron chi connectivity index (χ1n) is 8.68. The largest absolute Gasteiger partial charge is 0.327 e. The third kappa shape index (κ3) is 2.16.